The maximum absolute atomic E-state index is 13.0. The Morgan fingerprint density at radius 2 is 1.73 bits per heavy atom. The third-order valence-corrected chi connectivity index (χ3v) is 5.14. The van der Waals surface area contributed by atoms with Crippen LogP contribution in [-0.4, -0.2) is 28.9 Å². The molecule has 0 saturated carbocycles. The fourth-order valence-electron chi connectivity index (χ4n) is 3.43. The quantitative estimate of drug-likeness (QED) is 0.385. The normalized spacial score (nSPS) is 17.9. The van der Waals surface area contributed by atoms with Gasteiger partial charge in [0.15, 0.2) is 0 Å². The second-order valence-corrected chi connectivity index (χ2v) is 7.07. The summed E-state index contributed by atoms with van der Waals surface area (Å²) in [5, 5.41) is 11.5. The van der Waals surface area contributed by atoms with E-state index in [1.807, 2.05) is 0 Å². The Bertz CT molecular complexity index is 1130. The van der Waals surface area contributed by atoms with Crippen LogP contribution in [0.1, 0.15) is 17.2 Å². The van der Waals surface area contributed by atoms with Crippen molar-refractivity contribution in [3.63, 3.8) is 0 Å². The van der Waals surface area contributed by atoms with Crippen LogP contribution in [0.15, 0.2) is 78.5 Å². The van der Waals surface area contributed by atoms with Gasteiger partial charge < -0.3 is 9.84 Å². The molecule has 0 unspecified atom stereocenters. The van der Waals surface area contributed by atoms with Gasteiger partial charge in [0.2, 0.25) is 0 Å². The molecule has 1 saturated heterocycles. The van der Waals surface area contributed by atoms with Gasteiger partial charge in [0.1, 0.15) is 17.3 Å². The van der Waals surface area contributed by atoms with Crippen molar-refractivity contribution in [2.75, 3.05) is 12.0 Å². The molecule has 2 heterocycles. The largest absolute Gasteiger partial charge is 0.507 e. The molecule has 1 aromatic heterocycles. The van der Waals surface area contributed by atoms with Crippen LogP contribution >= 0.6 is 11.6 Å². The van der Waals surface area contributed by atoms with E-state index in [9.17, 15) is 14.7 Å². The minimum Gasteiger partial charge on any atom is -0.507 e. The van der Waals surface area contributed by atoms with Gasteiger partial charge in [-0.2, -0.15) is 0 Å². The number of aliphatic hydroxyl groups excluding tert-OH is 1. The van der Waals surface area contributed by atoms with E-state index in [1.54, 1.807) is 66.7 Å². The maximum atomic E-state index is 13.0. The number of ether oxygens (including phenoxy) is 1. The fraction of sp³-hybridized carbons (Fsp3) is 0.0870. The van der Waals surface area contributed by atoms with Crippen molar-refractivity contribution in [2.24, 2.45) is 0 Å². The monoisotopic (exact) mass is 420 g/mol. The van der Waals surface area contributed by atoms with Crippen molar-refractivity contribution in [2.45, 2.75) is 6.04 Å². The average Bonchev–Trinajstić information content (AvgIpc) is 3.05. The number of halogens is 1. The Kier molecular flexibility index (Phi) is 5.25. The van der Waals surface area contributed by atoms with Crippen molar-refractivity contribution in [1.29, 1.82) is 0 Å². The zero-order valence-corrected chi connectivity index (χ0v) is 16.7. The molecule has 150 valence electrons. The van der Waals surface area contributed by atoms with Crippen LogP contribution < -0.4 is 9.64 Å². The third-order valence-electron chi connectivity index (χ3n) is 4.89. The number of amides is 1. The number of hydrogen-bond donors (Lipinski definition) is 1. The molecule has 1 amide bonds. The number of rotatable bonds is 4. The van der Waals surface area contributed by atoms with Crippen molar-refractivity contribution in [3.8, 4) is 5.75 Å². The number of nitrogens with zero attached hydrogens (tertiary/aromatic N) is 2. The summed E-state index contributed by atoms with van der Waals surface area (Å²) in [6.07, 6.45) is 1.54. The standard InChI is InChI=1S/C23H17ClN2O4/c1-30-17-11-7-15(8-12-17)21(27)19-20(14-5-9-16(24)10-6-14)26(23(29)22(19)28)18-4-2-3-13-25-18/h2-13,20,27H,1H3/b21-19+/t20-/m1/s1. The van der Waals surface area contributed by atoms with Crippen LogP contribution in [0.5, 0.6) is 5.75 Å². The molecule has 1 N–H and O–H groups in total. The number of aromatic nitrogens is 1. The van der Waals surface area contributed by atoms with Gasteiger partial charge in [0.25, 0.3) is 5.78 Å². The number of Topliss-reactive ketones (excluding diaryl/α,β-unsaturated/α-hetero) is 1. The van der Waals surface area contributed by atoms with Gasteiger partial charge in [-0.15, -0.1) is 0 Å². The summed E-state index contributed by atoms with van der Waals surface area (Å²) in [5.74, 6) is -0.893. The number of aliphatic hydroxyl groups is 1. The van der Waals surface area contributed by atoms with E-state index in [-0.39, 0.29) is 11.3 Å². The van der Waals surface area contributed by atoms with Crippen LogP contribution in [0, 0.1) is 0 Å². The van der Waals surface area contributed by atoms with Crippen molar-refractivity contribution in [3.05, 3.63) is 94.6 Å². The third kappa shape index (κ3) is 3.42. The molecule has 1 fully saturated rings. The molecule has 0 radical (unpaired) electrons. The summed E-state index contributed by atoms with van der Waals surface area (Å²) in [4.78, 5) is 31.5. The van der Waals surface area contributed by atoms with E-state index >= 15 is 0 Å². The summed E-state index contributed by atoms with van der Waals surface area (Å²) in [7, 11) is 1.54. The molecule has 1 atom stereocenters. The molecule has 4 rings (SSSR count). The highest BCUT2D eigenvalue weighted by Gasteiger charge is 2.47. The van der Waals surface area contributed by atoms with Crippen LogP contribution in [-0.2, 0) is 9.59 Å². The molecule has 30 heavy (non-hydrogen) atoms. The van der Waals surface area contributed by atoms with E-state index in [0.29, 0.717) is 27.7 Å². The van der Waals surface area contributed by atoms with E-state index in [4.69, 9.17) is 16.3 Å². The first-order valence-electron chi connectivity index (χ1n) is 9.13. The van der Waals surface area contributed by atoms with Gasteiger partial charge in [0, 0.05) is 16.8 Å². The topological polar surface area (TPSA) is 79.7 Å². The smallest absolute Gasteiger partial charge is 0.301 e. The van der Waals surface area contributed by atoms with Gasteiger partial charge in [-0.05, 0) is 54.1 Å². The molecule has 6 nitrogen and oxygen atoms in total. The summed E-state index contributed by atoms with van der Waals surface area (Å²) < 4.78 is 5.14. The van der Waals surface area contributed by atoms with Gasteiger partial charge in [-0.3, -0.25) is 14.5 Å². The molecule has 2 aromatic carbocycles. The van der Waals surface area contributed by atoms with Gasteiger partial charge in [-0.25, -0.2) is 4.98 Å². The van der Waals surface area contributed by atoms with E-state index < -0.39 is 17.7 Å². The molecule has 1 aliphatic rings. The Labute approximate surface area is 178 Å². The lowest BCUT2D eigenvalue weighted by molar-refractivity contribution is -0.132. The van der Waals surface area contributed by atoms with Crippen LogP contribution in [0.4, 0.5) is 5.82 Å². The second kappa shape index (κ2) is 8.00. The molecular weight excluding hydrogens is 404 g/mol. The van der Waals surface area contributed by atoms with Crippen molar-refractivity contribution < 1.29 is 19.4 Å². The van der Waals surface area contributed by atoms with Gasteiger partial charge in [0.05, 0.1) is 18.7 Å². The number of anilines is 1. The SMILES string of the molecule is COc1ccc(/C(O)=C2\C(=O)C(=O)N(c3ccccn3)[C@@H]2c2ccc(Cl)cc2)cc1. The number of carbonyl (C=O) groups excluding carboxylic acids is 2. The van der Waals surface area contributed by atoms with Crippen molar-refractivity contribution >= 4 is 34.9 Å². The zero-order chi connectivity index (χ0) is 21.3. The molecule has 7 heteroatoms. The lowest BCUT2D eigenvalue weighted by atomic mass is 9.95. The Balaban J connectivity index is 1.91. The van der Waals surface area contributed by atoms with E-state index in [1.165, 1.54) is 18.2 Å². The summed E-state index contributed by atoms with van der Waals surface area (Å²) >= 11 is 6.02. The van der Waals surface area contributed by atoms with Crippen molar-refractivity contribution in [1.82, 2.24) is 4.98 Å². The minimum absolute atomic E-state index is 0.0156. The maximum Gasteiger partial charge on any atom is 0.301 e. The van der Waals surface area contributed by atoms with Crippen LogP contribution in [0.3, 0.4) is 0 Å². The zero-order valence-electron chi connectivity index (χ0n) is 15.9. The number of ketones is 1. The lowest BCUT2D eigenvalue weighted by Crippen LogP contribution is -2.30. The molecule has 3 aromatic rings. The number of pyridine rings is 1. The highest BCUT2D eigenvalue weighted by atomic mass is 35.5. The van der Waals surface area contributed by atoms with E-state index in [2.05, 4.69) is 4.98 Å². The number of carbonyl (C=O) groups is 2. The van der Waals surface area contributed by atoms with Gasteiger partial charge in [-0.1, -0.05) is 29.8 Å². The van der Waals surface area contributed by atoms with E-state index in [0.717, 1.165) is 0 Å². The molecular formula is C23H17ClN2O4. The number of benzene rings is 2. The number of methoxy groups -OCH3 is 1. The Morgan fingerprint density at radius 3 is 2.33 bits per heavy atom. The van der Waals surface area contributed by atoms with Gasteiger partial charge >= 0.3 is 5.91 Å². The van der Waals surface area contributed by atoms with Crippen LogP contribution in [0.25, 0.3) is 5.76 Å². The predicted molar refractivity (Wildman–Crippen MR) is 113 cm³/mol. The van der Waals surface area contributed by atoms with Crippen LogP contribution in [0.2, 0.25) is 5.02 Å². The Hall–Kier alpha value is -3.64. The summed E-state index contributed by atoms with van der Waals surface area (Å²) in [5.41, 5.74) is 1.01. The molecule has 0 bridgehead atoms. The first-order valence-corrected chi connectivity index (χ1v) is 9.51. The first-order chi connectivity index (χ1) is 14.5. The average molecular weight is 421 g/mol. The Morgan fingerprint density at radius 1 is 1.03 bits per heavy atom. The predicted octanol–water partition coefficient (Wildman–Crippen LogP) is 4.37. The first kappa shape index (κ1) is 19.7. The lowest BCUT2D eigenvalue weighted by Gasteiger charge is -2.24. The number of hydrogen-bond acceptors (Lipinski definition) is 5. The highest BCUT2D eigenvalue weighted by molar-refractivity contribution is 6.51. The molecule has 0 aliphatic carbocycles. The summed E-state index contributed by atoms with van der Waals surface area (Å²) in [6.45, 7) is 0. The fourth-order valence-corrected chi connectivity index (χ4v) is 3.56. The second-order valence-electron chi connectivity index (χ2n) is 6.64. The highest BCUT2D eigenvalue weighted by Crippen LogP contribution is 2.41. The molecule has 0 spiro atoms. The molecule has 1 aliphatic heterocycles. The minimum atomic E-state index is -0.848. The summed E-state index contributed by atoms with van der Waals surface area (Å²) in [6, 6.07) is 17.6.